The second-order valence-corrected chi connectivity index (χ2v) is 6.12. The van der Waals surface area contributed by atoms with Crippen molar-refractivity contribution in [1.29, 1.82) is 0 Å². The van der Waals surface area contributed by atoms with Gasteiger partial charge in [-0.2, -0.15) is 0 Å². The van der Waals surface area contributed by atoms with E-state index in [1.807, 2.05) is 29.6 Å². The van der Waals surface area contributed by atoms with E-state index in [2.05, 4.69) is 10.3 Å². The van der Waals surface area contributed by atoms with Crippen molar-refractivity contribution >= 4 is 22.4 Å². The Morgan fingerprint density at radius 2 is 2.20 bits per heavy atom. The number of carbonyl (C=O) groups excluding carboxylic acids is 1. The predicted molar refractivity (Wildman–Crippen MR) is 77.3 cm³/mol. The minimum atomic E-state index is -0.444. The number of carbonyl (C=O) groups is 1. The van der Waals surface area contributed by atoms with Crippen LogP contribution in [0.3, 0.4) is 0 Å². The Hall–Kier alpha value is -1.88. The molecule has 1 amide bonds. The van der Waals surface area contributed by atoms with Crippen LogP contribution in [0, 0.1) is 0 Å². The van der Waals surface area contributed by atoms with E-state index in [0.717, 1.165) is 17.0 Å². The number of nitrogens with one attached hydrogen (secondary N) is 1. The van der Waals surface area contributed by atoms with Crippen LogP contribution in [0.5, 0.6) is 5.75 Å². The molecule has 1 aliphatic carbocycles. The lowest BCUT2D eigenvalue weighted by molar-refractivity contribution is -0.122. The fourth-order valence-electron chi connectivity index (χ4n) is 2.42. The van der Waals surface area contributed by atoms with Crippen LogP contribution in [-0.2, 0) is 11.2 Å². The van der Waals surface area contributed by atoms with Gasteiger partial charge in [0.05, 0.1) is 5.69 Å². The van der Waals surface area contributed by atoms with E-state index in [4.69, 9.17) is 4.74 Å². The summed E-state index contributed by atoms with van der Waals surface area (Å²) in [6.45, 7) is 0. The van der Waals surface area contributed by atoms with Gasteiger partial charge in [0, 0.05) is 17.7 Å². The number of thiazole rings is 1. The molecule has 1 unspecified atom stereocenters. The second-order valence-electron chi connectivity index (χ2n) is 5.26. The van der Waals surface area contributed by atoms with Gasteiger partial charge in [-0.15, -0.1) is 11.3 Å². The zero-order chi connectivity index (χ0) is 13.5. The van der Waals surface area contributed by atoms with E-state index in [9.17, 15) is 4.79 Å². The zero-order valence-corrected chi connectivity index (χ0v) is 11.7. The molecule has 0 radical (unpaired) electrons. The molecule has 0 spiro atoms. The highest BCUT2D eigenvalue weighted by Gasteiger charge is 2.30. The standard InChI is InChI=1S/C15H14N2O2S/c18-14(13-7-10-3-1-2-4-12(10)19-13)17-15-16-11(8-20-15)9-5-6-9/h1-4,8-9,13H,5-7H2,(H,16,17,18). The molecule has 5 heteroatoms. The summed E-state index contributed by atoms with van der Waals surface area (Å²) in [6, 6.07) is 7.78. The first kappa shape index (κ1) is 11.9. The van der Waals surface area contributed by atoms with Gasteiger partial charge >= 0.3 is 0 Å². The number of nitrogens with zero attached hydrogens (tertiary/aromatic N) is 1. The van der Waals surface area contributed by atoms with Gasteiger partial charge in [0.2, 0.25) is 0 Å². The fraction of sp³-hybridized carbons (Fsp3) is 0.333. The highest BCUT2D eigenvalue weighted by Crippen LogP contribution is 2.41. The first-order valence-electron chi connectivity index (χ1n) is 6.80. The molecule has 1 fully saturated rings. The number of aromatic nitrogens is 1. The van der Waals surface area contributed by atoms with Crippen molar-refractivity contribution in [2.45, 2.75) is 31.3 Å². The number of anilines is 1. The van der Waals surface area contributed by atoms with Crippen LogP contribution in [0.4, 0.5) is 5.13 Å². The molecular weight excluding hydrogens is 272 g/mol. The zero-order valence-electron chi connectivity index (χ0n) is 10.8. The minimum Gasteiger partial charge on any atom is -0.480 e. The summed E-state index contributed by atoms with van der Waals surface area (Å²) in [7, 11) is 0. The monoisotopic (exact) mass is 286 g/mol. The predicted octanol–water partition coefficient (Wildman–Crippen LogP) is 2.96. The topological polar surface area (TPSA) is 51.2 Å². The molecule has 1 aromatic carbocycles. The number of hydrogen-bond donors (Lipinski definition) is 1. The van der Waals surface area contributed by atoms with Gasteiger partial charge in [0.15, 0.2) is 11.2 Å². The summed E-state index contributed by atoms with van der Waals surface area (Å²) >= 11 is 1.49. The van der Waals surface area contributed by atoms with Crippen molar-refractivity contribution in [2.24, 2.45) is 0 Å². The van der Waals surface area contributed by atoms with E-state index in [0.29, 0.717) is 17.5 Å². The normalized spacial score (nSPS) is 20.3. The molecule has 1 saturated carbocycles. The highest BCUT2D eigenvalue weighted by molar-refractivity contribution is 7.13. The molecule has 2 aromatic rings. The van der Waals surface area contributed by atoms with Crippen LogP contribution in [0.1, 0.15) is 30.0 Å². The van der Waals surface area contributed by atoms with Crippen LogP contribution in [0.25, 0.3) is 0 Å². The summed E-state index contributed by atoms with van der Waals surface area (Å²) in [4.78, 5) is 16.7. The third kappa shape index (κ3) is 2.18. The van der Waals surface area contributed by atoms with Crippen LogP contribution in [-0.4, -0.2) is 17.0 Å². The highest BCUT2D eigenvalue weighted by atomic mass is 32.1. The summed E-state index contributed by atoms with van der Waals surface area (Å²) in [5.41, 5.74) is 2.20. The quantitative estimate of drug-likeness (QED) is 0.943. The molecule has 1 atom stereocenters. The number of hydrogen-bond acceptors (Lipinski definition) is 4. The molecule has 4 rings (SSSR count). The van der Waals surface area contributed by atoms with E-state index < -0.39 is 6.10 Å². The average Bonchev–Trinajstić information content (AvgIpc) is 3.04. The average molecular weight is 286 g/mol. The number of ether oxygens (including phenoxy) is 1. The molecule has 0 saturated heterocycles. The molecule has 2 heterocycles. The van der Waals surface area contributed by atoms with Crippen molar-refractivity contribution in [3.63, 3.8) is 0 Å². The van der Waals surface area contributed by atoms with E-state index >= 15 is 0 Å². The first-order valence-corrected chi connectivity index (χ1v) is 7.68. The van der Waals surface area contributed by atoms with E-state index in [-0.39, 0.29) is 5.91 Å². The second kappa shape index (κ2) is 4.59. The molecule has 2 aliphatic rings. The Kier molecular flexibility index (Phi) is 2.73. The Morgan fingerprint density at radius 3 is 3.00 bits per heavy atom. The van der Waals surface area contributed by atoms with E-state index in [1.54, 1.807) is 0 Å². The van der Waals surface area contributed by atoms with Crippen molar-refractivity contribution in [3.05, 3.63) is 40.9 Å². The first-order chi connectivity index (χ1) is 9.79. The largest absolute Gasteiger partial charge is 0.480 e. The fourth-order valence-corrected chi connectivity index (χ4v) is 3.22. The lowest BCUT2D eigenvalue weighted by Crippen LogP contribution is -2.31. The van der Waals surface area contributed by atoms with Crippen LogP contribution >= 0.6 is 11.3 Å². The molecule has 102 valence electrons. The number of para-hydroxylation sites is 1. The van der Waals surface area contributed by atoms with Crippen molar-refractivity contribution in [1.82, 2.24) is 4.98 Å². The Bertz CT molecular complexity index is 638. The number of rotatable bonds is 3. The SMILES string of the molecule is O=C(Nc1nc(C2CC2)cs1)C1Cc2ccccc2O1. The van der Waals surface area contributed by atoms with E-state index in [1.165, 1.54) is 24.2 Å². The lowest BCUT2D eigenvalue weighted by Gasteiger charge is -2.09. The van der Waals surface area contributed by atoms with Gasteiger partial charge in [-0.3, -0.25) is 10.1 Å². The molecule has 4 nitrogen and oxygen atoms in total. The Balaban J connectivity index is 1.43. The summed E-state index contributed by atoms with van der Waals surface area (Å²) in [6.07, 6.45) is 2.62. The molecule has 1 aromatic heterocycles. The molecule has 20 heavy (non-hydrogen) atoms. The summed E-state index contributed by atoms with van der Waals surface area (Å²) < 4.78 is 5.67. The third-order valence-electron chi connectivity index (χ3n) is 3.69. The Morgan fingerprint density at radius 1 is 1.35 bits per heavy atom. The Labute approximate surface area is 120 Å². The number of amides is 1. The van der Waals surface area contributed by atoms with Gasteiger partial charge in [0.1, 0.15) is 5.75 Å². The molecule has 1 aliphatic heterocycles. The summed E-state index contributed by atoms with van der Waals surface area (Å²) in [5, 5.41) is 5.58. The van der Waals surface area contributed by atoms with Gasteiger partial charge in [-0.05, 0) is 24.5 Å². The number of fused-ring (bicyclic) bond motifs is 1. The smallest absolute Gasteiger partial charge is 0.267 e. The molecule has 1 N–H and O–H groups in total. The third-order valence-corrected chi connectivity index (χ3v) is 4.46. The van der Waals surface area contributed by atoms with Crippen LogP contribution < -0.4 is 10.1 Å². The van der Waals surface area contributed by atoms with Gasteiger partial charge in [-0.1, -0.05) is 18.2 Å². The van der Waals surface area contributed by atoms with Gasteiger partial charge < -0.3 is 4.74 Å². The van der Waals surface area contributed by atoms with Crippen molar-refractivity contribution in [3.8, 4) is 5.75 Å². The maximum absolute atomic E-state index is 12.2. The maximum atomic E-state index is 12.2. The maximum Gasteiger partial charge on any atom is 0.267 e. The van der Waals surface area contributed by atoms with Gasteiger partial charge in [-0.25, -0.2) is 4.98 Å². The molecule has 0 bridgehead atoms. The van der Waals surface area contributed by atoms with Crippen LogP contribution in [0.15, 0.2) is 29.6 Å². The lowest BCUT2D eigenvalue weighted by atomic mass is 10.1. The summed E-state index contributed by atoms with van der Waals surface area (Å²) in [5.74, 6) is 1.31. The van der Waals surface area contributed by atoms with Crippen LogP contribution in [0.2, 0.25) is 0 Å². The van der Waals surface area contributed by atoms with Gasteiger partial charge in [0.25, 0.3) is 5.91 Å². The van der Waals surface area contributed by atoms with Crippen molar-refractivity contribution in [2.75, 3.05) is 5.32 Å². The number of benzene rings is 1. The van der Waals surface area contributed by atoms with Crippen molar-refractivity contribution < 1.29 is 9.53 Å². The minimum absolute atomic E-state index is 0.113. The molecular formula is C15H14N2O2S.